The smallest absolute Gasteiger partial charge is 0.240 e. The Hall–Kier alpha value is -2.72. The molecule has 0 aliphatic carbocycles. The fourth-order valence-corrected chi connectivity index (χ4v) is 2.77. The van der Waals surface area contributed by atoms with Crippen LogP contribution < -0.4 is 16.6 Å². The number of fused-ring (bicyclic) bond motifs is 1. The zero-order valence-electron chi connectivity index (χ0n) is 10.6. The highest BCUT2D eigenvalue weighted by atomic mass is 32.2. The lowest BCUT2D eigenvalue weighted by Gasteiger charge is -2.17. The SMILES string of the molecule is Nc1nc2ncnc-2c(N)n1-c1ccccc1S(N)(=O)=O. The van der Waals surface area contributed by atoms with Crippen LogP contribution in [0.1, 0.15) is 0 Å². The normalized spacial score (nSPS) is 11.9. The number of nitrogens with two attached hydrogens (primary N) is 3. The van der Waals surface area contributed by atoms with Gasteiger partial charge in [-0.15, -0.1) is 0 Å². The fourth-order valence-electron chi connectivity index (χ4n) is 2.05. The molecular weight excluding hydrogens is 294 g/mol. The van der Waals surface area contributed by atoms with Crippen molar-refractivity contribution in [1.82, 2.24) is 19.5 Å². The molecule has 108 valence electrons. The van der Waals surface area contributed by atoms with Crippen LogP contribution in [0.25, 0.3) is 17.2 Å². The van der Waals surface area contributed by atoms with Gasteiger partial charge in [0.2, 0.25) is 16.0 Å². The van der Waals surface area contributed by atoms with Crippen LogP contribution in [0.4, 0.5) is 11.8 Å². The van der Waals surface area contributed by atoms with Crippen LogP contribution >= 0.6 is 0 Å². The van der Waals surface area contributed by atoms with E-state index >= 15 is 0 Å². The minimum atomic E-state index is -3.95. The summed E-state index contributed by atoms with van der Waals surface area (Å²) in [5.41, 5.74) is 12.4. The average molecular weight is 305 g/mol. The lowest BCUT2D eigenvalue weighted by Crippen LogP contribution is -2.19. The molecule has 0 saturated heterocycles. The third-order valence-corrected chi connectivity index (χ3v) is 3.88. The molecule has 1 aromatic rings. The highest BCUT2D eigenvalue weighted by Gasteiger charge is 2.22. The molecule has 0 spiro atoms. The molecule has 0 aromatic heterocycles. The zero-order valence-corrected chi connectivity index (χ0v) is 11.4. The van der Waals surface area contributed by atoms with Gasteiger partial charge in [-0.1, -0.05) is 12.1 Å². The van der Waals surface area contributed by atoms with E-state index in [9.17, 15) is 8.42 Å². The van der Waals surface area contributed by atoms with Gasteiger partial charge in [-0.25, -0.2) is 23.5 Å². The maximum absolute atomic E-state index is 11.7. The van der Waals surface area contributed by atoms with Crippen molar-refractivity contribution in [3.8, 4) is 17.2 Å². The number of imidazole rings is 1. The number of rotatable bonds is 2. The molecule has 0 saturated carbocycles. The van der Waals surface area contributed by atoms with E-state index in [1.54, 1.807) is 12.1 Å². The average Bonchev–Trinajstić information content (AvgIpc) is 2.86. The van der Waals surface area contributed by atoms with Gasteiger partial charge >= 0.3 is 0 Å². The van der Waals surface area contributed by atoms with Gasteiger partial charge in [0.15, 0.2) is 11.5 Å². The molecule has 3 rings (SSSR count). The number of hydrogen-bond acceptors (Lipinski definition) is 7. The Balaban J connectivity index is 2.40. The predicted molar refractivity (Wildman–Crippen MR) is 76.0 cm³/mol. The van der Waals surface area contributed by atoms with Crippen LogP contribution in [0.3, 0.4) is 0 Å². The van der Waals surface area contributed by atoms with E-state index in [0.29, 0.717) is 5.69 Å². The summed E-state index contributed by atoms with van der Waals surface area (Å²) < 4.78 is 24.7. The summed E-state index contributed by atoms with van der Waals surface area (Å²) >= 11 is 0. The molecule has 6 N–H and O–H groups in total. The van der Waals surface area contributed by atoms with Crippen molar-refractivity contribution < 1.29 is 8.42 Å². The van der Waals surface area contributed by atoms with Crippen LogP contribution in [0.15, 0.2) is 35.5 Å². The van der Waals surface area contributed by atoms with Gasteiger partial charge in [0.1, 0.15) is 17.0 Å². The first-order chi connectivity index (χ1) is 9.89. The molecule has 21 heavy (non-hydrogen) atoms. The van der Waals surface area contributed by atoms with E-state index < -0.39 is 10.0 Å². The number of para-hydroxylation sites is 1. The highest BCUT2D eigenvalue weighted by molar-refractivity contribution is 7.89. The third-order valence-electron chi connectivity index (χ3n) is 2.92. The quantitative estimate of drug-likeness (QED) is 0.580. The molecule has 2 aliphatic heterocycles. The van der Waals surface area contributed by atoms with Crippen molar-refractivity contribution >= 4 is 21.8 Å². The number of benzene rings is 1. The second-order valence-corrected chi connectivity index (χ2v) is 5.78. The highest BCUT2D eigenvalue weighted by Crippen LogP contribution is 2.30. The maximum Gasteiger partial charge on any atom is 0.240 e. The molecule has 0 fully saturated rings. The van der Waals surface area contributed by atoms with E-state index in [2.05, 4.69) is 15.0 Å². The predicted octanol–water partition coefficient (Wildman–Crippen LogP) is -0.421. The molecule has 1 aromatic carbocycles. The Morgan fingerprint density at radius 1 is 1.10 bits per heavy atom. The van der Waals surface area contributed by atoms with Gasteiger partial charge in [-0.05, 0) is 12.1 Å². The second-order valence-electron chi connectivity index (χ2n) is 4.25. The van der Waals surface area contributed by atoms with Crippen LogP contribution in [-0.2, 0) is 10.0 Å². The summed E-state index contributed by atoms with van der Waals surface area (Å²) in [5, 5.41) is 5.22. The van der Waals surface area contributed by atoms with Crippen LogP contribution in [-0.4, -0.2) is 27.9 Å². The van der Waals surface area contributed by atoms with Gasteiger partial charge in [-0.3, -0.25) is 4.57 Å². The third kappa shape index (κ3) is 2.06. The Labute approximate surface area is 119 Å². The molecule has 0 bridgehead atoms. The number of nitrogen functional groups attached to an aromatic ring is 2. The molecule has 0 amide bonds. The van der Waals surface area contributed by atoms with E-state index in [-0.39, 0.29) is 28.2 Å². The Kier molecular flexibility index (Phi) is 2.78. The molecule has 0 atom stereocenters. The van der Waals surface area contributed by atoms with Gasteiger partial charge in [0.25, 0.3) is 0 Å². The van der Waals surface area contributed by atoms with E-state index in [1.807, 2.05) is 0 Å². The largest absolute Gasteiger partial charge is 0.383 e. The minimum absolute atomic E-state index is 0.0170. The van der Waals surface area contributed by atoms with Crippen molar-refractivity contribution in [3.05, 3.63) is 30.6 Å². The summed E-state index contributed by atoms with van der Waals surface area (Å²) in [5.74, 6) is 0.400. The second kappa shape index (κ2) is 4.40. The first-order valence-electron chi connectivity index (χ1n) is 5.76. The van der Waals surface area contributed by atoms with E-state index in [1.165, 1.54) is 23.0 Å². The fraction of sp³-hybridized carbons (Fsp3) is 0. The Bertz CT molecular complexity index is 903. The van der Waals surface area contributed by atoms with Crippen molar-refractivity contribution in [3.63, 3.8) is 0 Å². The number of nitrogens with zero attached hydrogens (tertiary/aromatic N) is 4. The standard InChI is InChI=1S/C11H11N7O2S/c12-9-8-10(16-5-15-8)17-11(13)18(9)6-3-1-2-4-7(6)21(14,19)20/h1-5H,12H2,(H2,14,19,20)(H2,13,15,16,17). The number of primary sulfonamides is 1. The maximum atomic E-state index is 11.7. The summed E-state index contributed by atoms with van der Waals surface area (Å²) in [6, 6.07) is 6.06. The molecule has 10 heteroatoms. The van der Waals surface area contributed by atoms with Crippen molar-refractivity contribution in [2.75, 3.05) is 11.5 Å². The van der Waals surface area contributed by atoms with Gasteiger partial charge in [-0.2, -0.15) is 4.98 Å². The number of aromatic nitrogens is 4. The topological polar surface area (TPSA) is 156 Å². The van der Waals surface area contributed by atoms with Gasteiger partial charge in [0, 0.05) is 0 Å². The summed E-state index contributed by atoms with van der Waals surface area (Å²) in [7, 11) is -3.95. The van der Waals surface area contributed by atoms with E-state index in [4.69, 9.17) is 16.6 Å². The monoisotopic (exact) mass is 305 g/mol. The first-order valence-corrected chi connectivity index (χ1v) is 7.31. The number of hydrogen-bond donors (Lipinski definition) is 3. The molecule has 0 unspecified atom stereocenters. The van der Waals surface area contributed by atoms with Gasteiger partial charge in [0.05, 0.1) is 5.69 Å². The Morgan fingerprint density at radius 2 is 1.81 bits per heavy atom. The molecule has 0 radical (unpaired) electrons. The molecule has 2 heterocycles. The molecule has 9 nitrogen and oxygen atoms in total. The molecule has 2 aliphatic rings. The summed E-state index contributed by atoms with van der Waals surface area (Å²) in [6.45, 7) is 0. The number of sulfonamides is 1. The Morgan fingerprint density at radius 3 is 2.52 bits per heavy atom. The van der Waals surface area contributed by atoms with Crippen molar-refractivity contribution in [2.45, 2.75) is 4.90 Å². The van der Waals surface area contributed by atoms with Crippen LogP contribution in [0.5, 0.6) is 0 Å². The first kappa shape index (κ1) is 13.3. The van der Waals surface area contributed by atoms with Crippen molar-refractivity contribution in [1.29, 1.82) is 0 Å². The summed E-state index contributed by atoms with van der Waals surface area (Å²) in [6.07, 6.45) is 1.30. The zero-order chi connectivity index (χ0) is 15.2. The lowest BCUT2D eigenvalue weighted by atomic mass is 10.3. The number of anilines is 2. The van der Waals surface area contributed by atoms with Gasteiger partial charge < -0.3 is 11.5 Å². The lowest BCUT2D eigenvalue weighted by molar-refractivity contribution is 0.597. The van der Waals surface area contributed by atoms with Crippen molar-refractivity contribution in [2.24, 2.45) is 5.14 Å². The van der Waals surface area contributed by atoms with Crippen LogP contribution in [0.2, 0.25) is 0 Å². The minimum Gasteiger partial charge on any atom is -0.383 e. The van der Waals surface area contributed by atoms with E-state index in [0.717, 1.165) is 0 Å². The van der Waals surface area contributed by atoms with Crippen LogP contribution in [0, 0.1) is 0 Å². The molecular formula is C11H11N7O2S. The summed E-state index contributed by atoms with van der Waals surface area (Å²) in [4.78, 5) is 11.8.